The van der Waals surface area contributed by atoms with Crippen molar-refractivity contribution >= 4 is 21.6 Å². The van der Waals surface area contributed by atoms with Gasteiger partial charge in [-0.3, -0.25) is 4.79 Å². The second-order valence-electron chi connectivity index (χ2n) is 6.78. The minimum absolute atomic E-state index is 0.0422. The fourth-order valence-electron chi connectivity index (χ4n) is 3.22. The van der Waals surface area contributed by atoms with Gasteiger partial charge in [-0.25, -0.2) is 13.4 Å². The predicted octanol–water partition coefficient (Wildman–Crippen LogP) is 2.50. The zero-order chi connectivity index (χ0) is 19.4. The van der Waals surface area contributed by atoms with Gasteiger partial charge in [0, 0.05) is 31.5 Å². The van der Waals surface area contributed by atoms with E-state index in [-0.39, 0.29) is 23.4 Å². The summed E-state index contributed by atoms with van der Waals surface area (Å²) in [6, 6.07) is 7.73. The number of hydrogen-bond donors (Lipinski definition) is 1. The van der Waals surface area contributed by atoms with Crippen molar-refractivity contribution in [1.29, 1.82) is 0 Å². The molecule has 2 heterocycles. The summed E-state index contributed by atoms with van der Waals surface area (Å²) in [7, 11) is -3.68. The molecule has 1 saturated heterocycles. The molecule has 1 aliphatic heterocycles. The van der Waals surface area contributed by atoms with Crippen molar-refractivity contribution in [2.45, 2.75) is 44.7 Å². The van der Waals surface area contributed by atoms with E-state index < -0.39 is 10.0 Å². The van der Waals surface area contributed by atoms with Crippen LogP contribution in [0, 0.1) is 5.92 Å². The molecule has 0 radical (unpaired) electrons. The van der Waals surface area contributed by atoms with Crippen molar-refractivity contribution in [2.75, 3.05) is 18.4 Å². The van der Waals surface area contributed by atoms with Gasteiger partial charge in [-0.15, -0.1) is 0 Å². The Bertz CT molecular complexity index is 890. The molecule has 27 heavy (non-hydrogen) atoms. The smallest absolute Gasteiger partial charge is 0.262 e. The number of hydrogen-bond acceptors (Lipinski definition) is 4. The lowest BCUT2D eigenvalue weighted by atomic mass is 9.98. The summed E-state index contributed by atoms with van der Waals surface area (Å²) in [5.74, 6) is -0.508. The first-order chi connectivity index (χ1) is 12.9. The molecule has 1 aliphatic rings. The molecule has 1 fully saturated rings. The topological polar surface area (TPSA) is 84.3 Å². The molecular weight excluding hydrogens is 364 g/mol. The number of benzene rings is 1. The molecule has 0 aliphatic carbocycles. The summed E-state index contributed by atoms with van der Waals surface area (Å²) in [4.78, 5) is 16.6. The summed E-state index contributed by atoms with van der Waals surface area (Å²) in [6.07, 6.45) is 5.32. The van der Waals surface area contributed by atoms with E-state index in [9.17, 15) is 13.2 Å². The monoisotopic (exact) mass is 390 g/mol. The Morgan fingerprint density at radius 1 is 1.26 bits per heavy atom. The number of imidazole rings is 1. The number of carbonyl (C=O) groups excluding carboxylic acids is 1. The SMILES string of the molecule is CCc1ccc(NC(=O)[C@H]2CCCN(S(=O)(=O)c3cn(CC)cn3)C2)cc1. The van der Waals surface area contributed by atoms with E-state index in [1.165, 1.54) is 22.4 Å². The number of rotatable bonds is 6. The third-order valence-corrected chi connectivity index (χ3v) is 6.71. The van der Waals surface area contributed by atoms with Gasteiger partial charge in [0.05, 0.1) is 12.2 Å². The van der Waals surface area contributed by atoms with Crippen LogP contribution >= 0.6 is 0 Å². The van der Waals surface area contributed by atoms with Crippen molar-refractivity contribution < 1.29 is 13.2 Å². The van der Waals surface area contributed by atoms with Crippen LogP contribution in [0.25, 0.3) is 0 Å². The van der Waals surface area contributed by atoms with Crippen molar-refractivity contribution in [2.24, 2.45) is 5.92 Å². The van der Waals surface area contributed by atoms with Gasteiger partial charge in [0.2, 0.25) is 5.91 Å². The van der Waals surface area contributed by atoms with Gasteiger partial charge in [0.1, 0.15) is 0 Å². The number of amides is 1. The minimum atomic E-state index is -3.68. The molecule has 0 unspecified atom stereocenters. The lowest BCUT2D eigenvalue weighted by molar-refractivity contribution is -0.120. The normalized spacial score (nSPS) is 18.4. The van der Waals surface area contributed by atoms with Crippen LogP contribution in [0.3, 0.4) is 0 Å². The Balaban J connectivity index is 1.68. The van der Waals surface area contributed by atoms with Gasteiger partial charge in [-0.2, -0.15) is 4.31 Å². The van der Waals surface area contributed by atoms with Crippen LogP contribution in [0.1, 0.15) is 32.3 Å². The van der Waals surface area contributed by atoms with E-state index >= 15 is 0 Å². The molecular formula is C19H26N4O3S. The number of aryl methyl sites for hydroxylation is 2. The summed E-state index contributed by atoms with van der Waals surface area (Å²) in [6.45, 7) is 5.25. The second-order valence-corrected chi connectivity index (χ2v) is 8.67. The molecule has 2 aromatic rings. The third-order valence-electron chi connectivity index (χ3n) is 4.96. The Kier molecular flexibility index (Phi) is 5.96. The Morgan fingerprint density at radius 2 is 2.00 bits per heavy atom. The van der Waals surface area contributed by atoms with Gasteiger partial charge in [0.15, 0.2) is 5.03 Å². The zero-order valence-corrected chi connectivity index (χ0v) is 16.6. The summed E-state index contributed by atoms with van der Waals surface area (Å²) in [5.41, 5.74) is 1.94. The van der Waals surface area contributed by atoms with Crippen molar-refractivity contribution in [3.8, 4) is 0 Å². The van der Waals surface area contributed by atoms with Crippen LogP contribution in [0.2, 0.25) is 0 Å². The van der Waals surface area contributed by atoms with Gasteiger partial charge >= 0.3 is 0 Å². The minimum Gasteiger partial charge on any atom is -0.336 e. The quantitative estimate of drug-likeness (QED) is 0.821. The van der Waals surface area contributed by atoms with Crippen LogP contribution in [-0.4, -0.2) is 41.3 Å². The predicted molar refractivity (Wildman–Crippen MR) is 104 cm³/mol. The molecule has 1 atom stereocenters. The first-order valence-corrected chi connectivity index (χ1v) is 10.8. The van der Waals surface area contributed by atoms with Crippen LogP contribution in [0.5, 0.6) is 0 Å². The van der Waals surface area contributed by atoms with E-state index in [1.54, 1.807) is 4.57 Å². The van der Waals surface area contributed by atoms with Crippen LogP contribution in [0.15, 0.2) is 41.8 Å². The lowest BCUT2D eigenvalue weighted by Crippen LogP contribution is -2.43. The average molecular weight is 391 g/mol. The van der Waals surface area contributed by atoms with Crippen LogP contribution < -0.4 is 5.32 Å². The number of piperidine rings is 1. The highest BCUT2D eigenvalue weighted by Gasteiger charge is 2.34. The number of nitrogens with one attached hydrogen (secondary N) is 1. The molecule has 0 saturated carbocycles. The van der Waals surface area contributed by atoms with E-state index in [0.29, 0.717) is 25.9 Å². The van der Waals surface area contributed by atoms with E-state index in [4.69, 9.17) is 0 Å². The van der Waals surface area contributed by atoms with E-state index in [1.807, 2.05) is 31.2 Å². The maximum absolute atomic E-state index is 12.8. The molecule has 1 N–H and O–H groups in total. The number of anilines is 1. The van der Waals surface area contributed by atoms with Gasteiger partial charge in [-0.1, -0.05) is 19.1 Å². The summed E-state index contributed by atoms with van der Waals surface area (Å²) in [5, 5.41) is 2.95. The van der Waals surface area contributed by atoms with Gasteiger partial charge < -0.3 is 9.88 Å². The highest BCUT2D eigenvalue weighted by molar-refractivity contribution is 7.89. The average Bonchev–Trinajstić information content (AvgIpc) is 3.19. The maximum atomic E-state index is 12.8. The van der Waals surface area contributed by atoms with E-state index in [0.717, 1.165) is 12.1 Å². The molecule has 1 aromatic heterocycles. The fraction of sp³-hybridized carbons (Fsp3) is 0.474. The molecule has 3 rings (SSSR count). The Morgan fingerprint density at radius 3 is 2.63 bits per heavy atom. The van der Waals surface area contributed by atoms with Gasteiger partial charge in [0.25, 0.3) is 10.0 Å². The molecule has 8 heteroatoms. The second kappa shape index (κ2) is 8.22. The number of carbonyl (C=O) groups is 1. The summed E-state index contributed by atoms with van der Waals surface area (Å²) >= 11 is 0. The van der Waals surface area contributed by atoms with Crippen molar-refractivity contribution in [3.05, 3.63) is 42.4 Å². The summed E-state index contributed by atoms with van der Waals surface area (Å²) < 4.78 is 28.8. The fourth-order valence-corrected chi connectivity index (χ4v) is 4.68. The highest BCUT2D eigenvalue weighted by Crippen LogP contribution is 2.24. The third kappa shape index (κ3) is 4.39. The van der Waals surface area contributed by atoms with E-state index in [2.05, 4.69) is 17.2 Å². The van der Waals surface area contributed by atoms with Crippen LogP contribution in [-0.2, 0) is 27.8 Å². The molecule has 0 bridgehead atoms. The number of sulfonamides is 1. The molecule has 1 aromatic carbocycles. The lowest BCUT2D eigenvalue weighted by Gasteiger charge is -2.30. The largest absolute Gasteiger partial charge is 0.336 e. The van der Waals surface area contributed by atoms with Crippen LogP contribution in [0.4, 0.5) is 5.69 Å². The molecule has 1 amide bonds. The van der Waals surface area contributed by atoms with Crippen molar-refractivity contribution in [1.82, 2.24) is 13.9 Å². The molecule has 146 valence electrons. The first-order valence-electron chi connectivity index (χ1n) is 9.35. The highest BCUT2D eigenvalue weighted by atomic mass is 32.2. The number of nitrogens with zero attached hydrogens (tertiary/aromatic N) is 3. The standard InChI is InChI=1S/C19H26N4O3S/c1-3-15-7-9-17(10-8-15)21-19(24)16-6-5-11-23(12-16)27(25,26)18-13-22(4-2)14-20-18/h7-10,13-14,16H,3-6,11-12H2,1-2H3,(H,21,24)/t16-/m0/s1. The van der Waals surface area contributed by atoms with Gasteiger partial charge in [-0.05, 0) is 43.9 Å². The van der Waals surface area contributed by atoms with Crippen molar-refractivity contribution in [3.63, 3.8) is 0 Å². The molecule has 0 spiro atoms. The molecule has 7 nitrogen and oxygen atoms in total. The number of aromatic nitrogens is 2. The first kappa shape index (κ1) is 19.6. The maximum Gasteiger partial charge on any atom is 0.262 e. The zero-order valence-electron chi connectivity index (χ0n) is 15.8. The Hall–Kier alpha value is -2.19. The Labute approximate surface area is 160 Å².